The normalized spacial score (nSPS) is 12.5. The van der Waals surface area contributed by atoms with Crippen molar-refractivity contribution in [3.05, 3.63) is 60.8 Å². The van der Waals surface area contributed by atoms with Gasteiger partial charge in [0.1, 0.15) is 13.2 Å². The van der Waals surface area contributed by atoms with Gasteiger partial charge in [-0.25, -0.2) is 0 Å². The minimum absolute atomic E-state index is 0.0862. The molecule has 0 aliphatic heterocycles. The lowest BCUT2D eigenvalue weighted by Gasteiger charge is -2.18. The van der Waals surface area contributed by atoms with Crippen LogP contribution in [0.25, 0.3) is 0 Å². The van der Waals surface area contributed by atoms with Crippen molar-refractivity contribution in [2.45, 2.75) is 284 Å². The lowest BCUT2D eigenvalue weighted by atomic mass is 10.1. The third kappa shape index (κ3) is 51.9. The maximum absolute atomic E-state index is 12.8. The summed E-state index contributed by atoms with van der Waals surface area (Å²) in [6, 6.07) is 0. The number of allylic oxidation sites excluding steroid dienone is 10. The van der Waals surface area contributed by atoms with Gasteiger partial charge in [-0.3, -0.25) is 14.4 Å². The van der Waals surface area contributed by atoms with Crippen molar-refractivity contribution in [1.29, 1.82) is 0 Å². The van der Waals surface area contributed by atoms with Crippen molar-refractivity contribution in [2.75, 3.05) is 13.2 Å². The van der Waals surface area contributed by atoms with Crippen LogP contribution >= 0.6 is 0 Å². The highest BCUT2D eigenvalue weighted by Crippen LogP contribution is 2.14. The van der Waals surface area contributed by atoms with E-state index in [0.717, 1.165) is 103 Å². The number of hydrogen-bond acceptors (Lipinski definition) is 6. The quantitative estimate of drug-likeness (QED) is 0.0262. The van der Waals surface area contributed by atoms with Crippen molar-refractivity contribution < 1.29 is 28.6 Å². The SMILES string of the molecule is CCCCCC=CCC=CCCCCCCCC(=O)OC[C@H](COC(=O)CCCCCCCCCC=CCCCCCCCC)OC(=O)CCCCCCCC=CCC=CCCCCC. The topological polar surface area (TPSA) is 78.9 Å². The number of carbonyl (C=O) groups is 3. The van der Waals surface area contributed by atoms with Gasteiger partial charge in [0.05, 0.1) is 0 Å². The van der Waals surface area contributed by atoms with Gasteiger partial charge in [-0.1, -0.05) is 210 Å². The second-order valence-electron chi connectivity index (χ2n) is 18.5. The molecule has 0 unspecified atom stereocenters. The maximum Gasteiger partial charge on any atom is 0.306 e. The Bertz CT molecular complexity index is 1180. The standard InChI is InChI=1S/C59H104O6/c1-4-7-10-13-16-19-22-25-28-29-32-34-37-40-43-46-49-52-58(61)64-55-56(65-59(62)53-50-47-44-41-38-35-31-27-24-21-18-15-12-9-6-3)54-63-57(60)51-48-45-42-39-36-33-30-26-23-20-17-14-11-8-5-2/h17-18,20-21,25-28,30-31,56H,4-16,19,22-24,29,32-55H2,1-3H3/t56-/m1/s1. The fourth-order valence-corrected chi connectivity index (χ4v) is 7.73. The molecule has 0 aliphatic carbocycles. The molecule has 6 nitrogen and oxygen atoms in total. The lowest BCUT2D eigenvalue weighted by Crippen LogP contribution is -2.30. The molecule has 0 N–H and O–H groups in total. The summed E-state index contributed by atoms with van der Waals surface area (Å²) in [6.45, 7) is 6.57. The molecule has 0 spiro atoms. The van der Waals surface area contributed by atoms with Crippen molar-refractivity contribution in [2.24, 2.45) is 0 Å². The number of rotatable bonds is 50. The lowest BCUT2D eigenvalue weighted by molar-refractivity contribution is -0.167. The van der Waals surface area contributed by atoms with Crippen LogP contribution in [0.15, 0.2) is 60.8 Å². The number of carbonyl (C=O) groups excluding carboxylic acids is 3. The summed E-state index contributed by atoms with van der Waals surface area (Å²) in [5, 5.41) is 0. The Labute approximate surface area is 402 Å². The zero-order valence-electron chi connectivity index (χ0n) is 43.0. The van der Waals surface area contributed by atoms with E-state index in [2.05, 4.69) is 81.5 Å². The minimum atomic E-state index is -0.789. The average molecular weight is 909 g/mol. The van der Waals surface area contributed by atoms with Crippen molar-refractivity contribution >= 4 is 17.9 Å². The molecule has 0 fully saturated rings. The van der Waals surface area contributed by atoms with Gasteiger partial charge in [0.2, 0.25) is 0 Å². The van der Waals surface area contributed by atoms with Gasteiger partial charge in [-0.2, -0.15) is 0 Å². The molecule has 376 valence electrons. The number of ether oxygens (including phenoxy) is 3. The summed E-state index contributed by atoms with van der Waals surface area (Å²) in [7, 11) is 0. The Morgan fingerprint density at radius 2 is 0.554 bits per heavy atom. The van der Waals surface area contributed by atoms with Crippen molar-refractivity contribution in [3.8, 4) is 0 Å². The van der Waals surface area contributed by atoms with Crippen LogP contribution < -0.4 is 0 Å². The van der Waals surface area contributed by atoms with Gasteiger partial charge in [-0.05, 0) is 109 Å². The summed E-state index contributed by atoms with van der Waals surface area (Å²) in [5.74, 6) is -0.911. The molecule has 0 rings (SSSR count). The third-order valence-electron chi connectivity index (χ3n) is 12.0. The highest BCUT2D eigenvalue weighted by molar-refractivity contribution is 5.71. The molecule has 0 aromatic carbocycles. The molecule has 65 heavy (non-hydrogen) atoms. The van der Waals surface area contributed by atoms with E-state index in [0.29, 0.717) is 19.3 Å². The van der Waals surface area contributed by atoms with Crippen LogP contribution in [0.1, 0.15) is 278 Å². The molecular weight excluding hydrogens is 805 g/mol. The Morgan fingerprint density at radius 3 is 0.892 bits per heavy atom. The predicted molar refractivity (Wildman–Crippen MR) is 279 cm³/mol. The van der Waals surface area contributed by atoms with E-state index >= 15 is 0 Å². The van der Waals surface area contributed by atoms with Gasteiger partial charge >= 0.3 is 17.9 Å². The van der Waals surface area contributed by atoms with E-state index in [9.17, 15) is 14.4 Å². The van der Waals surface area contributed by atoms with E-state index in [4.69, 9.17) is 14.2 Å². The van der Waals surface area contributed by atoms with Crippen molar-refractivity contribution in [3.63, 3.8) is 0 Å². The first-order valence-electron chi connectivity index (χ1n) is 27.8. The zero-order valence-corrected chi connectivity index (χ0v) is 43.0. The summed E-state index contributed by atoms with van der Waals surface area (Å²) in [4.78, 5) is 38.1. The average Bonchev–Trinajstić information content (AvgIpc) is 3.30. The fourth-order valence-electron chi connectivity index (χ4n) is 7.73. The van der Waals surface area contributed by atoms with Gasteiger partial charge in [0.25, 0.3) is 0 Å². The highest BCUT2D eigenvalue weighted by atomic mass is 16.6. The summed E-state index contributed by atoms with van der Waals surface area (Å²) in [5.41, 5.74) is 0. The summed E-state index contributed by atoms with van der Waals surface area (Å²) in [6.07, 6.45) is 66.3. The molecule has 0 radical (unpaired) electrons. The molecule has 0 aliphatic rings. The summed E-state index contributed by atoms with van der Waals surface area (Å²) >= 11 is 0. The van der Waals surface area contributed by atoms with Gasteiger partial charge in [0.15, 0.2) is 6.10 Å². The molecule has 0 heterocycles. The Morgan fingerprint density at radius 1 is 0.308 bits per heavy atom. The second kappa shape index (κ2) is 53.7. The molecule has 0 saturated carbocycles. The van der Waals surface area contributed by atoms with Crippen LogP contribution in [0.3, 0.4) is 0 Å². The van der Waals surface area contributed by atoms with E-state index in [1.165, 1.54) is 135 Å². The first kappa shape index (κ1) is 62.1. The van der Waals surface area contributed by atoms with Crippen molar-refractivity contribution in [1.82, 2.24) is 0 Å². The first-order chi connectivity index (χ1) is 32.0. The van der Waals surface area contributed by atoms with Crippen LogP contribution in [-0.4, -0.2) is 37.2 Å². The molecule has 6 heteroatoms. The molecule has 1 atom stereocenters. The molecule has 0 amide bonds. The Kier molecular flexibility index (Phi) is 51.3. The van der Waals surface area contributed by atoms with Crippen LogP contribution in [-0.2, 0) is 28.6 Å². The number of esters is 3. The minimum Gasteiger partial charge on any atom is -0.462 e. The second-order valence-corrected chi connectivity index (χ2v) is 18.5. The largest absolute Gasteiger partial charge is 0.462 e. The number of hydrogen-bond donors (Lipinski definition) is 0. The van der Waals surface area contributed by atoms with E-state index in [-0.39, 0.29) is 31.1 Å². The first-order valence-corrected chi connectivity index (χ1v) is 27.8. The fraction of sp³-hybridized carbons (Fsp3) is 0.780. The monoisotopic (exact) mass is 909 g/mol. The maximum atomic E-state index is 12.8. The van der Waals surface area contributed by atoms with Gasteiger partial charge in [-0.15, -0.1) is 0 Å². The smallest absolute Gasteiger partial charge is 0.306 e. The molecular formula is C59H104O6. The zero-order chi connectivity index (χ0) is 47.2. The third-order valence-corrected chi connectivity index (χ3v) is 12.0. The van der Waals surface area contributed by atoms with Gasteiger partial charge < -0.3 is 14.2 Å². The molecule has 0 bridgehead atoms. The number of unbranched alkanes of at least 4 members (excludes halogenated alkanes) is 29. The van der Waals surface area contributed by atoms with E-state index in [1.807, 2.05) is 0 Å². The van der Waals surface area contributed by atoms with Gasteiger partial charge in [0, 0.05) is 19.3 Å². The van der Waals surface area contributed by atoms with Crippen LogP contribution in [0.4, 0.5) is 0 Å². The Hall–Kier alpha value is -2.89. The highest BCUT2D eigenvalue weighted by Gasteiger charge is 2.19. The molecule has 0 aromatic rings. The van der Waals surface area contributed by atoms with E-state index in [1.54, 1.807) is 0 Å². The summed E-state index contributed by atoms with van der Waals surface area (Å²) < 4.78 is 16.8. The van der Waals surface area contributed by atoms with E-state index < -0.39 is 6.10 Å². The van der Waals surface area contributed by atoms with Crippen LogP contribution in [0.5, 0.6) is 0 Å². The molecule has 0 saturated heterocycles. The van der Waals surface area contributed by atoms with Crippen LogP contribution in [0.2, 0.25) is 0 Å². The Balaban J connectivity index is 4.42. The predicted octanol–water partition coefficient (Wildman–Crippen LogP) is 18.4. The molecule has 0 aromatic heterocycles. The van der Waals surface area contributed by atoms with Crippen LogP contribution in [0, 0.1) is 0 Å².